The molecule has 0 unspecified atom stereocenters. The third-order valence-corrected chi connectivity index (χ3v) is 3.53. The van der Waals surface area contributed by atoms with Crippen molar-refractivity contribution >= 4 is 10.8 Å². The summed E-state index contributed by atoms with van der Waals surface area (Å²) >= 11 is 0. The molecule has 1 atom stereocenters. The fraction of sp³-hybridized carbons (Fsp3) is 0.235. The molecule has 0 aliphatic rings. The number of nitrogens with zero attached hydrogens (tertiary/aromatic N) is 2. The van der Waals surface area contributed by atoms with Crippen molar-refractivity contribution in [2.24, 2.45) is 5.73 Å². The Bertz CT molecular complexity index is 720. The quantitative estimate of drug-likeness (QED) is 0.781. The van der Waals surface area contributed by atoms with Gasteiger partial charge in [-0.1, -0.05) is 36.4 Å². The second kappa shape index (κ2) is 5.97. The van der Waals surface area contributed by atoms with Crippen molar-refractivity contribution in [1.29, 1.82) is 0 Å². The summed E-state index contributed by atoms with van der Waals surface area (Å²) in [6.45, 7) is 3.26. The van der Waals surface area contributed by atoms with Gasteiger partial charge in [-0.15, -0.1) is 0 Å². The van der Waals surface area contributed by atoms with Crippen molar-refractivity contribution in [3.8, 4) is 5.75 Å². The lowest BCUT2D eigenvalue weighted by molar-refractivity contribution is 0.291. The number of hydrogen-bond acceptors (Lipinski definition) is 3. The summed E-state index contributed by atoms with van der Waals surface area (Å²) in [5.74, 6) is 0.884. The highest BCUT2D eigenvalue weighted by molar-refractivity contribution is 5.89. The summed E-state index contributed by atoms with van der Waals surface area (Å²) in [5, 5.41) is 6.45. The molecule has 0 aliphatic heterocycles. The predicted octanol–water partition coefficient (Wildman–Crippen LogP) is 3.14. The number of hydrogen-bond donors (Lipinski definition) is 1. The van der Waals surface area contributed by atoms with Crippen LogP contribution in [-0.2, 0) is 6.54 Å². The summed E-state index contributed by atoms with van der Waals surface area (Å²) in [4.78, 5) is 0. The summed E-state index contributed by atoms with van der Waals surface area (Å²) in [6, 6.07) is 14.2. The Balaban J connectivity index is 1.89. The van der Waals surface area contributed by atoms with Gasteiger partial charge in [-0.2, -0.15) is 5.10 Å². The van der Waals surface area contributed by atoms with Gasteiger partial charge in [-0.05, 0) is 18.4 Å². The predicted molar refractivity (Wildman–Crippen MR) is 84.3 cm³/mol. The molecule has 3 aromatic rings. The Hall–Kier alpha value is -2.33. The van der Waals surface area contributed by atoms with Gasteiger partial charge in [0.2, 0.25) is 0 Å². The Morgan fingerprint density at radius 1 is 1.19 bits per heavy atom. The maximum absolute atomic E-state index is 6.07. The van der Waals surface area contributed by atoms with Gasteiger partial charge in [0.25, 0.3) is 0 Å². The van der Waals surface area contributed by atoms with Crippen LogP contribution < -0.4 is 10.5 Å². The topological polar surface area (TPSA) is 53.1 Å². The zero-order valence-electron chi connectivity index (χ0n) is 12.1. The average Bonchev–Trinajstić information content (AvgIpc) is 3.00. The molecule has 0 amide bonds. The van der Waals surface area contributed by atoms with E-state index in [1.54, 1.807) is 6.20 Å². The maximum Gasteiger partial charge on any atom is 0.131 e. The second-order valence-corrected chi connectivity index (χ2v) is 5.11. The largest absolute Gasteiger partial charge is 0.491 e. The first-order valence-corrected chi connectivity index (χ1v) is 7.13. The standard InChI is InChI=1S/C17H19N3O/c1-13(18)15-8-7-14-5-2-3-6-16(14)17(15)21-12-11-20-10-4-9-19-20/h2-10,13H,11-12,18H2,1H3/t13-/m0/s1. The highest BCUT2D eigenvalue weighted by Crippen LogP contribution is 2.32. The van der Waals surface area contributed by atoms with Gasteiger partial charge >= 0.3 is 0 Å². The van der Waals surface area contributed by atoms with E-state index < -0.39 is 0 Å². The molecule has 4 heteroatoms. The third kappa shape index (κ3) is 2.90. The van der Waals surface area contributed by atoms with Gasteiger partial charge in [-0.3, -0.25) is 4.68 Å². The van der Waals surface area contributed by atoms with Crippen molar-refractivity contribution in [2.75, 3.05) is 6.61 Å². The molecule has 0 fully saturated rings. The van der Waals surface area contributed by atoms with Gasteiger partial charge in [0.05, 0.1) is 6.54 Å². The van der Waals surface area contributed by atoms with E-state index in [0.717, 1.165) is 22.1 Å². The van der Waals surface area contributed by atoms with Crippen LogP contribution in [0, 0.1) is 0 Å². The Morgan fingerprint density at radius 3 is 2.81 bits per heavy atom. The molecule has 0 spiro atoms. The highest BCUT2D eigenvalue weighted by atomic mass is 16.5. The monoisotopic (exact) mass is 281 g/mol. The van der Waals surface area contributed by atoms with Crippen LogP contribution in [-0.4, -0.2) is 16.4 Å². The molecular weight excluding hydrogens is 262 g/mol. The minimum Gasteiger partial charge on any atom is -0.491 e. The van der Waals surface area contributed by atoms with Crippen molar-refractivity contribution in [3.05, 3.63) is 60.4 Å². The van der Waals surface area contributed by atoms with Crippen LogP contribution in [0.1, 0.15) is 18.5 Å². The number of rotatable bonds is 5. The van der Waals surface area contributed by atoms with Gasteiger partial charge in [-0.25, -0.2) is 0 Å². The van der Waals surface area contributed by atoms with Crippen molar-refractivity contribution in [3.63, 3.8) is 0 Å². The number of benzene rings is 2. The molecule has 0 saturated heterocycles. The molecule has 2 N–H and O–H groups in total. The molecule has 0 saturated carbocycles. The SMILES string of the molecule is C[C@H](N)c1ccc2ccccc2c1OCCn1cccn1. The number of ether oxygens (including phenoxy) is 1. The van der Waals surface area contributed by atoms with E-state index in [1.165, 1.54) is 0 Å². The summed E-state index contributed by atoms with van der Waals surface area (Å²) in [7, 11) is 0. The van der Waals surface area contributed by atoms with Crippen LogP contribution in [0.5, 0.6) is 5.75 Å². The van der Waals surface area contributed by atoms with Gasteiger partial charge in [0.15, 0.2) is 0 Å². The van der Waals surface area contributed by atoms with E-state index in [-0.39, 0.29) is 6.04 Å². The molecule has 3 rings (SSSR count). The fourth-order valence-electron chi connectivity index (χ4n) is 2.45. The summed E-state index contributed by atoms with van der Waals surface area (Å²) in [6.07, 6.45) is 3.70. The van der Waals surface area contributed by atoms with E-state index in [1.807, 2.05) is 36.0 Å². The van der Waals surface area contributed by atoms with Crippen LogP contribution in [0.25, 0.3) is 10.8 Å². The van der Waals surface area contributed by atoms with Crippen LogP contribution in [0.15, 0.2) is 54.9 Å². The van der Waals surface area contributed by atoms with E-state index in [0.29, 0.717) is 13.2 Å². The smallest absolute Gasteiger partial charge is 0.131 e. The zero-order chi connectivity index (χ0) is 14.7. The lowest BCUT2D eigenvalue weighted by Crippen LogP contribution is -2.12. The van der Waals surface area contributed by atoms with E-state index in [9.17, 15) is 0 Å². The first-order valence-electron chi connectivity index (χ1n) is 7.13. The highest BCUT2D eigenvalue weighted by Gasteiger charge is 2.12. The van der Waals surface area contributed by atoms with Crippen molar-refractivity contribution in [1.82, 2.24) is 9.78 Å². The number of fused-ring (bicyclic) bond motifs is 1. The zero-order valence-corrected chi connectivity index (χ0v) is 12.1. The van der Waals surface area contributed by atoms with Crippen LogP contribution in [0.3, 0.4) is 0 Å². The van der Waals surface area contributed by atoms with Gasteiger partial charge in [0.1, 0.15) is 12.4 Å². The molecule has 0 radical (unpaired) electrons. The first-order chi connectivity index (χ1) is 10.3. The number of nitrogens with two attached hydrogens (primary N) is 1. The van der Waals surface area contributed by atoms with Gasteiger partial charge in [0, 0.05) is 29.4 Å². The van der Waals surface area contributed by atoms with Crippen LogP contribution in [0.4, 0.5) is 0 Å². The Morgan fingerprint density at radius 2 is 2.05 bits per heavy atom. The van der Waals surface area contributed by atoms with Crippen LogP contribution in [0.2, 0.25) is 0 Å². The van der Waals surface area contributed by atoms with E-state index >= 15 is 0 Å². The Labute approximate surface area is 124 Å². The molecule has 4 nitrogen and oxygen atoms in total. The first kappa shape index (κ1) is 13.6. The minimum atomic E-state index is -0.0608. The average molecular weight is 281 g/mol. The molecule has 108 valence electrons. The summed E-state index contributed by atoms with van der Waals surface area (Å²) < 4.78 is 7.90. The van der Waals surface area contributed by atoms with Crippen molar-refractivity contribution in [2.45, 2.75) is 19.5 Å². The van der Waals surface area contributed by atoms with Crippen LogP contribution >= 0.6 is 0 Å². The van der Waals surface area contributed by atoms with Gasteiger partial charge < -0.3 is 10.5 Å². The molecule has 1 aromatic heterocycles. The molecular formula is C17H19N3O. The van der Waals surface area contributed by atoms with E-state index in [2.05, 4.69) is 29.4 Å². The fourth-order valence-corrected chi connectivity index (χ4v) is 2.45. The maximum atomic E-state index is 6.07. The molecule has 21 heavy (non-hydrogen) atoms. The van der Waals surface area contributed by atoms with E-state index in [4.69, 9.17) is 10.5 Å². The third-order valence-electron chi connectivity index (χ3n) is 3.53. The second-order valence-electron chi connectivity index (χ2n) is 5.11. The molecule has 0 aliphatic carbocycles. The molecule has 1 heterocycles. The molecule has 0 bridgehead atoms. The minimum absolute atomic E-state index is 0.0608. The lowest BCUT2D eigenvalue weighted by Gasteiger charge is -2.16. The summed E-state index contributed by atoms with van der Waals surface area (Å²) in [5.41, 5.74) is 7.11. The number of aromatic nitrogens is 2. The van der Waals surface area contributed by atoms with Crippen molar-refractivity contribution < 1.29 is 4.74 Å². The Kier molecular flexibility index (Phi) is 3.88. The normalized spacial score (nSPS) is 12.5. The molecule has 2 aromatic carbocycles. The lowest BCUT2D eigenvalue weighted by atomic mass is 10.0.